The third-order valence-electron chi connectivity index (χ3n) is 7.07. The number of likely N-dealkylation sites (N-methyl/N-ethyl adjacent to an activating group) is 1. The van der Waals surface area contributed by atoms with Gasteiger partial charge in [-0.1, -0.05) is 19.1 Å². The highest BCUT2D eigenvalue weighted by Gasteiger charge is 2.16. The second-order valence-electron chi connectivity index (χ2n) is 9.97. The van der Waals surface area contributed by atoms with Gasteiger partial charge in [0.25, 0.3) is 11.5 Å². The van der Waals surface area contributed by atoms with E-state index in [0.717, 1.165) is 43.5 Å². The molecule has 4 aromatic heterocycles. The maximum Gasteiger partial charge on any atom is 0.274 e. The summed E-state index contributed by atoms with van der Waals surface area (Å²) in [5.74, 6) is 0.425. The Bertz CT molecular complexity index is 1700. The number of hydrogen-bond donors (Lipinski definition) is 2. The van der Waals surface area contributed by atoms with Crippen LogP contribution in [-0.4, -0.2) is 74.4 Å². The number of carbonyl (C=O) groups excluding carboxylic acids is 1. The summed E-state index contributed by atoms with van der Waals surface area (Å²) in [5.41, 5.74) is 3.05. The van der Waals surface area contributed by atoms with Gasteiger partial charge in [0.1, 0.15) is 23.7 Å². The van der Waals surface area contributed by atoms with Gasteiger partial charge in [0.05, 0.1) is 30.1 Å². The van der Waals surface area contributed by atoms with Gasteiger partial charge in [-0.3, -0.25) is 23.6 Å². The predicted molar refractivity (Wildman–Crippen MR) is 160 cm³/mol. The zero-order valence-electron chi connectivity index (χ0n) is 23.7. The minimum absolute atomic E-state index is 0.0650. The van der Waals surface area contributed by atoms with Crippen LogP contribution in [0.2, 0.25) is 0 Å². The molecule has 1 amide bonds. The van der Waals surface area contributed by atoms with Crippen molar-refractivity contribution in [1.82, 2.24) is 33.9 Å². The fourth-order valence-electron chi connectivity index (χ4n) is 4.89. The molecular formula is C30H36N8O3. The van der Waals surface area contributed by atoms with E-state index < -0.39 is 0 Å². The quantitative estimate of drug-likeness (QED) is 0.229. The molecule has 0 radical (unpaired) electrons. The second-order valence-corrected chi connectivity index (χ2v) is 9.97. The molecule has 1 aromatic carbocycles. The molecule has 214 valence electrons. The molecule has 2 N–H and O–H groups in total. The normalized spacial score (nSPS) is 11.5. The van der Waals surface area contributed by atoms with Gasteiger partial charge in [-0.05, 0) is 44.3 Å². The summed E-state index contributed by atoms with van der Waals surface area (Å²) < 4.78 is 11.1. The van der Waals surface area contributed by atoms with Crippen molar-refractivity contribution in [3.05, 3.63) is 88.9 Å². The summed E-state index contributed by atoms with van der Waals surface area (Å²) in [6.45, 7) is 6.88. The van der Waals surface area contributed by atoms with Gasteiger partial charge >= 0.3 is 0 Å². The summed E-state index contributed by atoms with van der Waals surface area (Å²) in [5, 5.41) is 11.5. The number of benzene rings is 1. The highest BCUT2D eigenvalue weighted by molar-refractivity contribution is 6.08. The van der Waals surface area contributed by atoms with Gasteiger partial charge in [0.2, 0.25) is 0 Å². The Hall–Kier alpha value is -4.48. The zero-order chi connectivity index (χ0) is 28.8. The molecule has 0 fully saturated rings. The fraction of sp³-hybridized carbons (Fsp3) is 0.333. The van der Waals surface area contributed by atoms with Crippen molar-refractivity contribution < 1.29 is 9.53 Å². The maximum atomic E-state index is 13.3. The van der Waals surface area contributed by atoms with E-state index in [-0.39, 0.29) is 11.5 Å². The molecule has 41 heavy (non-hydrogen) atoms. The standard InChI is InChI=1S/C30H36N8O3/c1-4-12-36(15-11-31-2)16-17-41-23-10-14-37-27(20-32-28(37)18-23)29(39)34-25-8-5-9-26-24(25)19-33-38(26)21-22-7-6-13-35(3)30(22)40/h5-10,13-14,18-20,31H,4,11-12,15-17,21H2,1-3H3,(H,34,39). The van der Waals surface area contributed by atoms with E-state index in [4.69, 9.17) is 4.74 Å². The lowest BCUT2D eigenvalue weighted by Crippen LogP contribution is -2.34. The van der Waals surface area contributed by atoms with E-state index in [1.165, 1.54) is 0 Å². The average molecular weight is 557 g/mol. The van der Waals surface area contributed by atoms with Gasteiger partial charge in [-0.25, -0.2) is 4.98 Å². The van der Waals surface area contributed by atoms with Crippen molar-refractivity contribution in [3.8, 4) is 5.75 Å². The van der Waals surface area contributed by atoms with E-state index in [1.54, 1.807) is 51.6 Å². The number of aromatic nitrogens is 5. The van der Waals surface area contributed by atoms with Crippen LogP contribution in [0.4, 0.5) is 5.69 Å². The molecular weight excluding hydrogens is 520 g/mol. The van der Waals surface area contributed by atoms with Crippen LogP contribution >= 0.6 is 0 Å². The van der Waals surface area contributed by atoms with Crippen LogP contribution in [0.1, 0.15) is 29.4 Å². The van der Waals surface area contributed by atoms with E-state index in [0.29, 0.717) is 41.5 Å². The number of carbonyl (C=O) groups is 1. The minimum atomic E-state index is -0.289. The molecule has 5 aromatic rings. The molecule has 0 unspecified atom stereocenters. The second kappa shape index (κ2) is 12.8. The van der Waals surface area contributed by atoms with Crippen LogP contribution in [-0.2, 0) is 13.6 Å². The summed E-state index contributed by atoms with van der Waals surface area (Å²) in [6.07, 6.45) is 7.89. The van der Waals surface area contributed by atoms with Gasteiger partial charge in [-0.2, -0.15) is 5.10 Å². The third-order valence-corrected chi connectivity index (χ3v) is 7.07. The molecule has 0 saturated carbocycles. The first-order valence-electron chi connectivity index (χ1n) is 13.9. The molecule has 0 atom stereocenters. The SMILES string of the molecule is CCCN(CCNC)CCOc1ccn2c(C(=O)Nc3cccc4c3cnn4Cc3cccn(C)c3=O)cnc2c1. The summed E-state index contributed by atoms with van der Waals surface area (Å²) in [4.78, 5) is 32.6. The van der Waals surface area contributed by atoms with Crippen molar-refractivity contribution in [3.63, 3.8) is 0 Å². The summed E-state index contributed by atoms with van der Waals surface area (Å²) in [7, 11) is 3.69. The summed E-state index contributed by atoms with van der Waals surface area (Å²) >= 11 is 0. The van der Waals surface area contributed by atoms with Crippen LogP contribution in [0.3, 0.4) is 0 Å². The monoisotopic (exact) mass is 556 g/mol. The lowest BCUT2D eigenvalue weighted by atomic mass is 10.2. The van der Waals surface area contributed by atoms with Gasteiger partial charge < -0.3 is 19.9 Å². The molecule has 0 spiro atoms. The Kier molecular flexibility index (Phi) is 8.76. The van der Waals surface area contributed by atoms with Gasteiger partial charge in [-0.15, -0.1) is 0 Å². The lowest BCUT2D eigenvalue weighted by molar-refractivity contribution is 0.102. The number of aryl methyl sites for hydroxylation is 1. The molecule has 0 aliphatic heterocycles. The van der Waals surface area contributed by atoms with Crippen LogP contribution in [0.5, 0.6) is 5.75 Å². The summed E-state index contributed by atoms with van der Waals surface area (Å²) in [6, 6.07) is 12.9. The number of anilines is 1. The van der Waals surface area contributed by atoms with E-state index in [1.807, 2.05) is 43.4 Å². The van der Waals surface area contributed by atoms with Gasteiger partial charge in [0, 0.05) is 56.1 Å². The van der Waals surface area contributed by atoms with Crippen LogP contribution in [0.15, 0.2) is 72.0 Å². The van der Waals surface area contributed by atoms with Crippen molar-refractivity contribution in [1.29, 1.82) is 0 Å². The molecule has 0 saturated heterocycles. The fourth-order valence-corrected chi connectivity index (χ4v) is 4.89. The van der Waals surface area contributed by atoms with Crippen molar-refractivity contribution in [2.45, 2.75) is 19.9 Å². The molecule has 11 heteroatoms. The number of hydrogen-bond acceptors (Lipinski definition) is 7. The smallest absolute Gasteiger partial charge is 0.274 e. The van der Waals surface area contributed by atoms with E-state index in [9.17, 15) is 9.59 Å². The molecule has 0 aliphatic rings. The molecule has 11 nitrogen and oxygen atoms in total. The molecule has 0 bridgehead atoms. The first kappa shape index (κ1) is 28.1. The Morgan fingerprint density at radius 2 is 1.95 bits per heavy atom. The number of amides is 1. The first-order chi connectivity index (χ1) is 20.0. The number of nitrogens with zero attached hydrogens (tertiary/aromatic N) is 6. The number of ether oxygens (including phenoxy) is 1. The van der Waals surface area contributed by atoms with Crippen LogP contribution < -0.4 is 20.9 Å². The zero-order valence-corrected chi connectivity index (χ0v) is 23.7. The Morgan fingerprint density at radius 3 is 2.78 bits per heavy atom. The van der Waals surface area contributed by atoms with Gasteiger partial charge in [0.15, 0.2) is 0 Å². The van der Waals surface area contributed by atoms with Crippen molar-refractivity contribution >= 4 is 28.1 Å². The van der Waals surface area contributed by atoms with E-state index >= 15 is 0 Å². The Balaban J connectivity index is 1.27. The predicted octanol–water partition coefficient (Wildman–Crippen LogP) is 2.99. The number of pyridine rings is 2. The van der Waals surface area contributed by atoms with Crippen molar-refractivity contribution in [2.24, 2.45) is 7.05 Å². The lowest BCUT2D eigenvalue weighted by Gasteiger charge is -2.21. The maximum absolute atomic E-state index is 13.3. The Labute approximate surface area is 238 Å². The van der Waals surface area contributed by atoms with Crippen LogP contribution in [0.25, 0.3) is 16.6 Å². The van der Waals surface area contributed by atoms with E-state index in [2.05, 4.69) is 32.5 Å². The molecule has 0 aliphatic carbocycles. The molecule has 5 rings (SSSR count). The highest BCUT2D eigenvalue weighted by atomic mass is 16.5. The topological polar surface area (TPSA) is 111 Å². The minimum Gasteiger partial charge on any atom is -0.492 e. The Morgan fingerprint density at radius 1 is 1.07 bits per heavy atom. The number of imidazole rings is 1. The van der Waals surface area contributed by atoms with Crippen LogP contribution in [0, 0.1) is 0 Å². The highest BCUT2D eigenvalue weighted by Crippen LogP contribution is 2.25. The largest absolute Gasteiger partial charge is 0.492 e. The number of fused-ring (bicyclic) bond motifs is 2. The average Bonchev–Trinajstić information content (AvgIpc) is 3.59. The third kappa shape index (κ3) is 6.31. The number of nitrogens with one attached hydrogen (secondary N) is 2. The molecule has 4 heterocycles. The first-order valence-corrected chi connectivity index (χ1v) is 13.9. The van der Waals surface area contributed by atoms with Crippen molar-refractivity contribution in [2.75, 3.05) is 45.2 Å². The number of rotatable bonds is 13.